The molecule has 2 aliphatic rings. The molecule has 6 rings (SSSR count). The number of aliphatic hydroxyl groups is 1. The molecule has 4 atom stereocenters. The maximum atomic E-state index is 14.9. The number of nitrogens with zero attached hydrogens (tertiary/aromatic N) is 3. The molecular weight excluding hydrogens is 627 g/mol. The molecule has 11 heteroatoms. The van der Waals surface area contributed by atoms with Crippen molar-refractivity contribution in [2.75, 3.05) is 25.2 Å². The largest absolute Gasteiger partial charge is 0.491 e. The summed E-state index contributed by atoms with van der Waals surface area (Å²) < 4.78 is 13.7. The van der Waals surface area contributed by atoms with Crippen LogP contribution in [0.1, 0.15) is 24.5 Å². The molecule has 0 unspecified atom stereocenters. The number of aliphatic hydroxyl groups excluding tert-OH is 1. The Morgan fingerprint density at radius 1 is 0.979 bits per heavy atom. The highest BCUT2D eigenvalue weighted by Crippen LogP contribution is 2.61. The number of methoxy groups -OCH3 is 1. The first-order chi connectivity index (χ1) is 23.0. The number of ether oxygens (including phenoxy) is 2. The van der Waals surface area contributed by atoms with Crippen LogP contribution in [0.25, 0.3) is 5.69 Å². The molecule has 4 aromatic rings. The van der Waals surface area contributed by atoms with Gasteiger partial charge in [0.05, 0.1) is 31.9 Å². The topological polar surface area (TPSA) is 122 Å². The number of fused-ring (bicyclic) bond motifs is 2. The summed E-state index contributed by atoms with van der Waals surface area (Å²) in [6, 6.07) is 27.5. The first-order valence-corrected chi connectivity index (χ1v) is 19.2. The lowest BCUT2D eigenvalue weighted by atomic mass is 9.82. The number of anilines is 2. The molecule has 1 aromatic heterocycles. The molecular formula is C37H41N3O7Si. The molecule has 0 aliphatic carbocycles. The Bertz CT molecular complexity index is 1860. The third kappa shape index (κ3) is 5.77. The fraction of sp³-hybridized carbons (Fsp3) is 0.324. The van der Waals surface area contributed by atoms with E-state index in [-0.39, 0.29) is 42.7 Å². The Morgan fingerprint density at radius 3 is 2.31 bits per heavy atom. The van der Waals surface area contributed by atoms with Crippen LogP contribution in [0, 0.1) is 5.92 Å². The van der Waals surface area contributed by atoms with Crippen molar-refractivity contribution >= 4 is 31.5 Å². The zero-order chi connectivity index (χ0) is 34.2. The highest BCUT2D eigenvalue weighted by Gasteiger charge is 2.66. The van der Waals surface area contributed by atoms with E-state index >= 15 is 0 Å². The SMILES string of the molecule is COc1cccn(-c2ccc3c(c2)[C@]2(O[C@@H](CC(=O)N(CCO)Cc4ccccc4)[C@H]([Si](C)(C)O)[C@H]2C)C(=O)N3c2ccccc2)c1=O. The van der Waals surface area contributed by atoms with Crippen molar-refractivity contribution in [3.63, 3.8) is 0 Å². The van der Waals surface area contributed by atoms with Crippen LogP contribution in [0.3, 0.4) is 0 Å². The van der Waals surface area contributed by atoms with E-state index in [2.05, 4.69) is 0 Å². The summed E-state index contributed by atoms with van der Waals surface area (Å²) in [4.78, 5) is 57.1. The summed E-state index contributed by atoms with van der Waals surface area (Å²) in [6.07, 6.45) is 0.774. The molecule has 1 spiro atoms. The van der Waals surface area contributed by atoms with Crippen LogP contribution in [-0.4, -0.2) is 65.9 Å². The monoisotopic (exact) mass is 667 g/mol. The minimum absolute atomic E-state index is 0.0798. The number of carbonyl (C=O) groups excluding carboxylic acids is 2. The molecule has 48 heavy (non-hydrogen) atoms. The second-order valence-electron chi connectivity index (χ2n) is 13.0. The predicted octanol–water partition coefficient (Wildman–Crippen LogP) is 4.73. The summed E-state index contributed by atoms with van der Waals surface area (Å²) in [5, 5.41) is 9.83. The van der Waals surface area contributed by atoms with E-state index in [9.17, 15) is 24.3 Å². The van der Waals surface area contributed by atoms with Crippen LogP contribution < -0.4 is 15.2 Å². The first-order valence-electron chi connectivity index (χ1n) is 16.1. The van der Waals surface area contributed by atoms with Crippen LogP contribution in [0.2, 0.25) is 18.6 Å². The second-order valence-corrected chi connectivity index (χ2v) is 17.0. The van der Waals surface area contributed by atoms with Gasteiger partial charge in [-0.2, -0.15) is 0 Å². The number of carbonyl (C=O) groups is 2. The fourth-order valence-corrected chi connectivity index (χ4v) is 10.1. The van der Waals surface area contributed by atoms with Crippen molar-refractivity contribution in [2.24, 2.45) is 5.92 Å². The number of benzene rings is 3. The zero-order valence-corrected chi connectivity index (χ0v) is 28.6. The van der Waals surface area contributed by atoms with E-state index in [4.69, 9.17) is 9.47 Å². The maximum Gasteiger partial charge on any atom is 0.297 e. The lowest BCUT2D eigenvalue weighted by Gasteiger charge is -2.32. The van der Waals surface area contributed by atoms with Crippen molar-refractivity contribution < 1.29 is 29.0 Å². The molecule has 3 heterocycles. The molecule has 3 aromatic carbocycles. The molecule has 0 bridgehead atoms. The Balaban J connectivity index is 1.46. The van der Waals surface area contributed by atoms with Crippen LogP contribution in [0.15, 0.2) is 102 Å². The Kier molecular flexibility index (Phi) is 9.14. The normalized spacial score (nSPS) is 21.8. The lowest BCUT2D eigenvalue weighted by molar-refractivity contribution is -0.149. The van der Waals surface area contributed by atoms with E-state index in [0.29, 0.717) is 29.2 Å². The van der Waals surface area contributed by atoms with Gasteiger partial charge in [0.15, 0.2) is 19.7 Å². The van der Waals surface area contributed by atoms with Crippen molar-refractivity contribution in [3.05, 3.63) is 119 Å². The molecule has 2 amide bonds. The molecule has 1 fully saturated rings. The average molecular weight is 668 g/mol. The van der Waals surface area contributed by atoms with Crippen LogP contribution in [0.4, 0.5) is 11.4 Å². The molecule has 0 radical (unpaired) electrons. The van der Waals surface area contributed by atoms with Gasteiger partial charge in [0.2, 0.25) is 5.91 Å². The third-order valence-electron chi connectivity index (χ3n) is 9.61. The minimum Gasteiger partial charge on any atom is -0.491 e. The summed E-state index contributed by atoms with van der Waals surface area (Å²) >= 11 is 0. The van der Waals surface area contributed by atoms with Crippen molar-refractivity contribution in [1.82, 2.24) is 9.47 Å². The van der Waals surface area contributed by atoms with Gasteiger partial charge in [-0.05, 0) is 61.1 Å². The Morgan fingerprint density at radius 2 is 1.67 bits per heavy atom. The van der Waals surface area contributed by atoms with Crippen LogP contribution >= 0.6 is 0 Å². The van der Waals surface area contributed by atoms with E-state index in [1.54, 1.807) is 40.3 Å². The van der Waals surface area contributed by atoms with Crippen LogP contribution in [-0.2, 0) is 26.5 Å². The van der Waals surface area contributed by atoms with Gasteiger partial charge in [-0.3, -0.25) is 23.9 Å². The quantitative estimate of drug-likeness (QED) is 0.235. The van der Waals surface area contributed by atoms with Crippen molar-refractivity contribution in [2.45, 2.75) is 50.2 Å². The highest BCUT2D eigenvalue weighted by molar-refractivity contribution is 6.71. The summed E-state index contributed by atoms with van der Waals surface area (Å²) in [5.74, 6) is -0.914. The summed E-state index contributed by atoms with van der Waals surface area (Å²) in [6.45, 7) is 5.76. The van der Waals surface area contributed by atoms with Gasteiger partial charge in [-0.15, -0.1) is 0 Å². The van der Waals surface area contributed by atoms with Gasteiger partial charge in [0.1, 0.15) is 0 Å². The smallest absolute Gasteiger partial charge is 0.297 e. The second kappa shape index (κ2) is 13.2. The molecule has 1 saturated heterocycles. The fourth-order valence-electron chi connectivity index (χ4n) is 7.52. The molecule has 2 aliphatic heterocycles. The summed E-state index contributed by atoms with van der Waals surface area (Å²) in [5.41, 5.74) is 0.853. The van der Waals surface area contributed by atoms with Gasteiger partial charge in [-0.1, -0.05) is 55.5 Å². The van der Waals surface area contributed by atoms with Gasteiger partial charge < -0.3 is 24.3 Å². The number of aromatic nitrogens is 1. The maximum absolute atomic E-state index is 14.9. The molecule has 10 nitrogen and oxygen atoms in total. The van der Waals surface area contributed by atoms with Crippen molar-refractivity contribution in [3.8, 4) is 11.4 Å². The van der Waals surface area contributed by atoms with E-state index in [0.717, 1.165) is 5.56 Å². The number of hydrogen-bond acceptors (Lipinski definition) is 7. The van der Waals surface area contributed by atoms with Gasteiger partial charge in [0.25, 0.3) is 11.5 Å². The number of para-hydroxylation sites is 1. The third-order valence-corrected chi connectivity index (χ3v) is 12.1. The highest BCUT2D eigenvalue weighted by atomic mass is 28.4. The summed E-state index contributed by atoms with van der Waals surface area (Å²) in [7, 11) is -1.64. The van der Waals surface area contributed by atoms with Gasteiger partial charge in [-0.25, -0.2) is 0 Å². The molecule has 250 valence electrons. The minimum atomic E-state index is -3.08. The Labute approximate surface area is 280 Å². The zero-order valence-electron chi connectivity index (χ0n) is 27.6. The standard InChI is InChI=1S/C37H41N3O7Si/c1-25-34(48(3,4)45)32(23-33(42)38(20-21-41)24-26-12-7-5-8-13-26)47-37(25)29-22-28(39-19-11-16-31(46-2)35(39)43)17-18-30(29)40(36(37)44)27-14-9-6-10-15-27/h5-19,22,25,32,34,41,45H,20-21,23-24H2,1-4H3/t25-,32+,34-,37+/m1/s1. The van der Waals surface area contributed by atoms with Crippen LogP contribution in [0.5, 0.6) is 5.75 Å². The first kappa shape index (κ1) is 33.4. The van der Waals surface area contributed by atoms with Crippen molar-refractivity contribution in [1.29, 1.82) is 0 Å². The van der Waals surface area contributed by atoms with E-state index in [1.807, 2.05) is 86.7 Å². The predicted molar refractivity (Wildman–Crippen MR) is 185 cm³/mol. The average Bonchev–Trinajstić information content (AvgIpc) is 3.51. The number of hydrogen-bond donors (Lipinski definition) is 2. The van der Waals surface area contributed by atoms with Gasteiger partial charge in [0, 0.05) is 47.7 Å². The Hall–Kier alpha value is -4.55. The van der Waals surface area contributed by atoms with E-state index < -0.39 is 31.5 Å². The number of amides is 2. The number of rotatable bonds is 10. The molecule has 0 saturated carbocycles. The van der Waals surface area contributed by atoms with Gasteiger partial charge >= 0.3 is 0 Å². The lowest BCUT2D eigenvalue weighted by Crippen LogP contribution is -2.45. The molecule has 2 N–H and O–H groups in total. The van der Waals surface area contributed by atoms with E-state index in [1.165, 1.54) is 11.7 Å². The number of pyridine rings is 1.